The topological polar surface area (TPSA) is 95.5 Å². The summed E-state index contributed by atoms with van der Waals surface area (Å²) in [5, 5.41) is 14.5. The molecule has 0 bridgehead atoms. The van der Waals surface area contributed by atoms with Crippen molar-refractivity contribution in [1.29, 1.82) is 0 Å². The highest BCUT2D eigenvalue weighted by molar-refractivity contribution is 6.87. The summed E-state index contributed by atoms with van der Waals surface area (Å²) in [7, 11) is -1.91. The van der Waals surface area contributed by atoms with Gasteiger partial charge in [-0.15, -0.1) is 11.5 Å². The Kier molecular flexibility index (Phi) is 8.79. The molecule has 0 aliphatic carbocycles. The number of carboxylic acid groups (broad SMARTS) is 1. The van der Waals surface area contributed by atoms with Crippen molar-refractivity contribution in [3.8, 4) is 11.5 Å². The van der Waals surface area contributed by atoms with Crippen LogP contribution in [-0.2, 0) is 20.8 Å². The highest BCUT2D eigenvalue weighted by Crippen LogP contribution is 2.35. The molecule has 0 aromatic heterocycles. The molecule has 3 N–H and O–H groups in total. The molecule has 0 heterocycles. The molecule has 0 saturated heterocycles. The minimum atomic E-state index is -1.91. The standard InChI is InChI=1S/C22H31FN2O4Si/c1-15(26)24-19(14-16-9-7-10-17(23)13-16)20(27)25-18(21(28)29)11-8-12-30(5,6)22(2,3)4/h7,9-10,13,18-19H,11,14H2,1-6H3,(H,24,26)(H,25,27)(H,28,29)/t18-,19+/m0/s1. The Morgan fingerprint density at radius 1 is 1.17 bits per heavy atom. The predicted molar refractivity (Wildman–Crippen MR) is 117 cm³/mol. The first-order valence-electron chi connectivity index (χ1n) is 9.77. The van der Waals surface area contributed by atoms with Gasteiger partial charge in [-0.25, -0.2) is 9.18 Å². The van der Waals surface area contributed by atoms with Crippen LogP contribution in [0.5, 0.6) is 0 Å². The quantitative estimate of drug-likeness (QED) is 0.454. The molecule has 6 nitrogen and oxygen atoms in total. The van der Waals surface area contributed by atoms with Crippen molar-refractivity contribution < 1.29 is 23.9 Å². The Bertz CT molecular complexity index is 853. The van der Waals surface area contributed by atoms with Gasteiger partial charge in [0.25, 0.3) is 0 Å². The Hall–Kier alpha value is -2.66. The molecule has 0 spiro atoms. The summed E-state index contributed by atoms with van der Waals surface area (Å²) in [6, 6.07) is 3.44. The van der Waals surface area contributed by atoms with Crippen molar-refractivity contribution in [1.82, 2.24) is 10.6 Å². The molecule has 0 aliphatic heterocycles. The van der Waals surface area contributed by atoms with Gasteiger partial charge in [0.1, 0.15) is 26.0 Å². The molecule has 0 fully saturated rings. The van der Waals surface area contributed by atoms with Crippen LogP contribution >= 0.6 is 0 Å². The molecular formula is C22H31FN2O4Si. The Labute approximate surface area is 178 Å². The smallest absolute Gasteiger partial charge is 0.327 e. The zero-order valence-electron chi connectivity index (χ0n) is 18.4. The number of carboxylic acids is 1. The van der Waals surface area contributed by atoms with Crippen LogP contribution in [0, 0.1) is 17.3 Å². The van der Waals surface area contributed by atoms with Crippen LogP contribution in [0.1, 0.15) is 39.7 Å². The molecule has 1 aromatic rings. The zero-order chi connectivity index (χ0) is 23.1. The molecule has 2 amide bonds. The van der Waals surface area contributed by atoms with E-state index in [4.69, 9.17) is 0 Å². The van der Waals surface area contributed by atoms with Crippen molar-refractivity contribution in [3.05, 3.63) is 35.6 Å². The summed E-state index contributed by atoms with van der Waals surface area (Å²) in [4.78, 5) is 35.8. The number of rotatable bonds is 7. The first-order chi connectivity index (χ1) is 13.7. The summed E-state index contributed by atoms with van der Waals surface area (Å²) in [5.74, 6) is 0.163. The van der Waals surface area contributed by atoms with Crippen molar-refractivity contribution in [2.75, 3.05) is 0 Å². The van der Waals surface area contributed by atoms with E-state index >= 15 is 0 Å². The summed E-state index contributed by atoms with van der Waals surface area (Å²) >= 11 is 0. The fourth-order valence-corrected chi connectivity index (χ4v) is 3.31. The molecule has 0 aliphatic rings. The normalized spacial score (nSPS) is 13.4. The van der Waals surface area contributed by atoms with Crippen LogP contribution in [0.15, 0.2) is 24.3 Å². The second kappa shape index (κ2) is 10.4. The molecule has 0 saturated carbocycles. The van der Waals surface area contributed by atoms with E-state index in [2.05, 4.69) is 56.0 Å². The first-order valence-corrected chi connectivity index (χ1v) is 12.8. The van der Waals surface area contributed by atoms with Gasteiger partial charge < -0.3 is 15.7 Å². The Morgan fingerprint density at radius 3 is 2.30 bits per heavy atom. The third-order valence-corrected chi connectivity index (χ3v) is 9.77. The maximum absolute atomic E-state index is 13.4. The van der Waals surface area contributed by atoms with Crippen LogP contribution in [0.2, 0.25) is 18.1 Å². The molecule has 164 valence electrons. The van der Waals surface area contributed by atoms with Crippen molar-refractivity contribution in [3.63, 3.8) is 0 Å². The lowest BCUT2D eigenvalue weighted by atomic mass is 10.0. The number of amides is 2. The van der Waals surface area contributed by atoms with Crippen molar-refractivity contribution in [2.45, 2.75) is 70.8 Å². The number of carbonyl (C=O) groups is 3. The number of benzene rings is 1. The largest absolute Gasteiger partial charge is 0.480 e. The van der Waals surface area contributed by atoms with Crippen molar-refractivity contribution >= 4 is 25.9 Å². The van der Waals surface area contributed by atoms with Gasteiger partial charge in [0.2, 0.25) is 11.8 Å². The average molecular weight is 435 g/mol. The number of aliphatic carboxylic acids is 1. The molecule has 0 radical (unpaired) electrons. The molecule has 8 heteroatoms. The van der Waals surface area contributed by atoms with Gasteiger partial charge in [-0.05, 0) is 22.7 Å². The molecule has 1 rings (SSSR count). The Balaban J connectivity index is 2.95. The van der Waals surface area contributed by atoms with Crippen LogP contribution in [0.4, 0.5) is 4.39 Å². The van der Waals surface area contributed by atoms with Gasteiger partial charge in [0, 0.05) is 19.8 Å². The minimum absolute atomic E-state index is 0.0312. The molecular weight excluding hydrogens is 403 g/mol. The summed E-state index contributed by atoms with van der Waals surface area (Å²) in [5.41, 5.74) is 3.74. The molecule has 1 aromatic carbocycles. The molecule has 0 unspecified atom stereocenters. The van der Waals surface area contributed by atoms with Gasteiger partial charge >= 0.3 is 5.97 Å². The van der Waals surface area contributed by atoms with E-state index in [1.807, 2.05) is 0 Å². The predicted octanol–water partition coefficient (Wildman–Crippen LogP) is 2.88. The second-order valence-electron chi connectivity index (χ2n) is 8.87. The van der Waals surface area contributed by atoms with E-state index < -0.39 is 43.8 Å². The zero-order valence-corrected chi connectivity index (χ0v) is 19.4. The van der Waals surface area contributed by atoms with Gasteiger partial charge in [-0.1, -0.05) is 46.0 Å². The number of nitrogens with one attached hydrogen (secondary N) is 2. The van der Waals surface area contributed by atoms with E-state index in [-0.39, 0.29) is 17.9 Å². The first kappa shape index (κ1) is 25.4. The summed E-state index contributed by atoms with van der Waals surface area (Å²) in [6.07, 6.45) is -0.00843. The maximum Gasteiger partial charge on any atom is 0.327 e. The lowest BCUT2D eigenvalue weighted by molar-refractivity contribution is -0.142. The second-order valence-corrected chi connectivity index (χ2v) is 13.9. The fourth-order valence-electron chi connectivity index (χ4n) is 2.39. The number of halogens is 1. The van der Waals surface area contributed by atoms with Crippen molar-refractivity contribution in [2.24, 2.45) is 0 Å². The van der Waals surface area contributed by atoms with Crippen LogP contribution in [0.25, 0.3) is 0 Å². The van der Waals surface area contributed by atoms with Gasteiger partial charge in [-0.3, -0.25) is 9.59 Å². The number of carbonyl (C=O) groups excluding carboxylic acids is 2. The van der Waals surface area contributed by atoms with E-state index in [9.17, 15) is 23.9 Å². The van der Waals surface area contributed by atoms with Gasteiger partial charge in [-0.2, -0.15) is 0 Å². The third-order valence-electron chi connectivity index (χ3n) is 5.22. The van der Waals surface area contributed by atoms with Gasteiger partial charge in [0.05, 0.1) is 0 Å². The fraction of sp³-hybridized carbons (Fsp3) is 0.500. The monoisotopic (exact) mass is 434 g/mol. The summed E-state index contributed by atoms with van der Waals surface area (Å²) < 4.78 is 13.4. The van der Waals surface area contributed by atoms with E-state index in [1.165, 1.54) is 25.1 Å². The average Bonchev–Trinajstić information content (AvgIpc) is 2.58. The lowest BCUT2D eigenvalue weighted by Gasteiger charge is -2.31. The van der Waals surface area contributed by atoms with E-state index in [0.29, 0.717) is 5.56 Å². The third kappa shape index (κ3) is 7.99. The van der Waals surface area contributed by atoms with E-state index in [0.717, 1.165) is 0 Å². The van der Waals surface area contributed by atoms with Gasteiger partial charge in [0.15, 0.2) is 0 Å². The number of hydrogen-bond acceptors (Lipinski definition) is 3. The molecule has 2 atom stereocenters. The SMILES string of the molecule is CC(=O)N[C@H](Cc1cccc(F)c1)C(=O)N[C@@H](CC#C[Si](C)(C)C(C)(C)C)C(=O)O. The molecule has 30 heavy (non-hydrogen) atoms. The highest BCUT2D eigenvalue weighted by Gasteiger charge is 2.34. The van der Waals surface area contributed by atoms with Crippen LogP contribution in [0.3, 0.4) is 0 Å². The Morgan fingerprint density at radius 2 is 1.80 bits per heavy atom. The van der Waals surface area contributed by atoms with E-state index in [1.54, 1.807) is 6.07 Å². The highest BCUT2D eigenvalue weighted by atomic mass is 28.3. The van der Waals surface area contributed by atoms with Crippen LogP contribution < -0.4 is 10.6 Å². The maximum atomic E-state index is 13.4. The van der Waals surface area contributed by atoms with Crippen LogP contribution in [-0.4, -0.2) is 43.0 Å². The summed E-state index contributed by atoms with van der Waals surface area (Å²) in [6.45, 7) is 11.8. The number of hydrogen-bond donors (Lipinski definition) is 3. The lowest BCUT2D eigenvalue weighted by Crippen LogP contribution is -2.52. The minimum Gasteiger partial charge on any atom is -0.480 e.